The van der Waals surface area contributed by atoms with Gasteiger partial charge in [0.2, 0.25) is 0 Å². The fourth-order valence-electron chi connectivity index (χ4n) is 6.91. The topological polar surface area (TPSA) is 142 Å². The predicted molar refractivity (Wildman–Crippen MR) is 261 cm³/mol. The molecule has 0 bridgehead atoms. The Morgan fingerprint density at radius 1 is 0.672 bits per heavy atom. The molecule has 1 aromatic heterocycles. The molecule has 12 heteroatoms. The quantitative estimate of drug-likeness (QED) is 0.0163. The van der Waals surface area contributed by atoms with Crippen LogP contribution in [0.4, 0.5) is 0 Å². The maximum absolute atomic E-state index is 12.8. The van der Waals surface area contributed by atoms with Gasteiger partial charge in [0.15, 0.2) is 6.10 Å². The first-order chi connectivity index (χ1) is 30.7. The summed E-state index contributed by atoms with van der Waals surface area (Å²) < 4.78 is 40.6. The van der Waals surface area contributed by atoms with E-state index in [-0.39, 0.29) is 26.1 Å². The molecule has 2 N–H and O–H groups in total. The highest BCUT2D eigenvalue weighted by molar-refractivity contribution is 7.47. The van der Waals surface area contributed by atoms with Crippen molar-refractivity contribution in [3.8, 4) is 0 Å². The highest BCUT2D eigenvalue weighted by Crippen LogP contribution is 2.43. The summed E-state index contributed by atoms with van der Waals surface area (Å²) in [6.45, 7) is 8.58. The van der Waals surface area contributed by atoms with Gasteiger partial charge in [-0.15, -0.1) is 0 Å². The second-order valence-corrected chi connectivity index (χ2v) is 19.7. The fraction of sp³-hybridized carbons (Fsp3) is 0.731. The molecule has 1 heterocycles. The van der Waals surface area contributed by atoms with Crippen molar-refractivity contribution in [3.63, 3.8) is 0 Å². The predicted octanol–water partition coefficient (Wildman–Crippen LogP) is 12.9. The first-order valence-electron chi connectivity index (χ1n) is 24.8. The van der Waals surface area contributed by atoms with Crippen molar-refractivity contribution in [2.45, 2.75) is 200 Å². The van der Waals surface area contributed by atoms with Gasteiger partial charge in [-0.2, -0.15) is 0 Å². The number of aliphatic hydroxyl groups is 1. The number of hydrogen-bond acceptors (Lipinski definition) is 9. The highest BCUT2D eigenvalue weighted by atomic mass is 31.2. The number of furan rings is 1. The maximum Gasteiger partial charge on any atom is 0.472 e. The van der Waals surface area contributed by atoms with Crippen molar-refractivity contribution in [1.82, 2.24) is 0 Å². The van der Waals surface area contributed by atoms with Crippen LogP contribution in [0.1, 0.15) is 184 Å². The van der Waals surface area contributed by atoms with Crippen molar-refractivity contribution in [1.29, 1.82) is 0 Å². The Bertz CT molecular complexity index is 1520. The molecule has 0 aliphatic carbocycles. The Balaban J connectivity index is 2.36. The number of carbonyl (C=O) groups excluding carboxylic acids is 2. The minimum atomic E-state index is -4.42. The molecular weight excluding hydrogens is 830 g/mol. The Kier molecular flexibility index (Phi) is 34.5. The van der Waals surface area contributed by atoms with Crippen molar-refractivity contribution < 1.29 is 51.6 Å². The molecular formula is C52H91NO10P+. The van der Waals surface area contributed by atoms with Crippen LogP contribution in [0.25, 0.3) is 0 Å². The van der Waals surface area contributed by atoms with E-state index in [0.29, 0.717) is 36.7 Å². The average molecular weight is 921 g/mol. The maximum atomic E-state index is 12.8. The zero-order chi connectivity index (χ0) is 47.3. The number of quaternary nitrogens is 1. The molecule has 11 nitrogen and oxygen atoms in total. The number of nitrogens with zero attached hydrogens (tertiary/aromatic N) is 1. The van der Waals surface area contributed by atoms with Crippen LogP contribution in [0.15, 0.2) is 53.0 Å². The number of allylic oxidation sites excluding steroid dienone is 6. The lowest BCUT2D eigenvalue weighted by Crippen LogP contribution is -2.37. The second-order valence-electron chi connectivity index (χ2n) is 18.3. The zero-order valence-corrected chi connectivity index (χ0v) is 42.2. The van der Waals surface area contributed by atoms with Gasteiger partial charge >= 0.3 is 19.8 Å². The molecule has 64 heavy (non-hydrogen) atoms. The van der Waals surface area contributed by atoms with Crippen LogP contribution in [-0.2, 0) is 45.5 Å². The van der Waals surface area contributed by atoms with Crippen LogP contribution >= 0.6 is 7.82 Å². The van der Waals surface area contributed by atoms with Crippen molar-refractivity contribution in [3.05, 3.63) is 71.3 Å². The molecule has 0 amide bonds. The van der Waals surface area contributed by atoms with Crippen LogP contribution in [-0.4, -0.2) is 86.1 Å². The van der Waals surface area contributed by atoms with Gasteiger partial charge < -0.3 is 28.4 Å². The van der Waals surface area contributed by atoms with E-state index in [2.05, 4.69) is 33.8 Å². The first-order valence-corrected chi connectivity index (χ1v) is 26.3. The molecule has 0 aliphatic heterocycles. The minimum absolute atomic E-state index is 0.00549. The molecule has 3 atom stereocenters. The van der Waals surface area contributed by atoms with E-state index in [1.807, 2.05) is 57.6 Å². The molecule has 368 valence electrons. The van der Waals surface area contributed by atoms with E-state index in [4.69, 9.17) is 22.9 Å². The summed E-state index contributed by atoms with van der Waals surface area (Å²) in [5.41, 5.74) is 2.68. The third-order valence-corrected chi connectivity index (χ3v) is 12.1. The van der Waals surface area contributed by atoms with Gasteiger partial charge in [-0.3, -0.25) is 18.6 Å². The normalized spacial score (nSPS) is 14.3. The van der Waals surface area contributed by atoms with Gasteiger partial charge in [0.05, 0.1) is 33.9 Å². The molecule has 1 rings (SSSR count). The summed E-state index contributed by atoms with van der Waals surface area (Å²) in [4.78, 5) is 35.6. The van der Waals surface area contributed by atoms with Crippen molar-refractivity contribution in [2.24, 2.45) is 0 Å². The Morgan fingerprint density at radius 2 is 1.23 bits per heavy atom. The lowest BCUT2D eigenvalue weighted by atomic mass is 10.0. The van der Waals surface area contributed by atoms with Crippen LogP contribution in [0.3, 0.4) is 0 Å². The lowest BCUT2D eigenvalue weighted by molar-refractivity contribution is -0.870. The number of phosphoric acid groups is 1. The number of phosphoric ester groups is 1. The van der Waals surface area contributed by atoms with Gasteiger partial charge in [0.25, 0.3) is 0 Å². The lowest BCUT2D eigenvalue weighted by Gasteiger charge is -2.24. The summed E-state index contributed by atoms with van der Waals surface area (Å²) in [6, 6.07) is 0. The number of rotatable bonds is 41. The Morgan fingerprint density at radius 3 is 1.88 bits per heavy atom. The van der Waals surface area contributed by atoms with E-state index in [9.17, 15) is 24.2 Å². The third-order valence-electron chi connectivity index (χ3n) is 11.1. The van der Waals surface area contributed by atoms with Crippen molar-refractivity contribution >= 4 is 19.8 Å². The number of carbonyl (C=O) groups is 2. The van der Waals surface area contributed by atoms with E-state index in [1.165, 1.54) is 99.7 Å². The van der Waals surface area contributed by atoms with Gasteiger partial charge in [0, 0.05) is 25.7 Å². The molecule has 0 saturated carbocycles. The second kappa shape index (κ2) is 37.3. The number of aliphatic hydroxyl groups excluding tert-OH is 1. The monoisotopic (exact) mass is 921 g/mol. The number of ether oxygens (including phenoxy) is 2. The number of aryl methyl sites for hydroxylation is 2. The number of likely N-dealkylation sites (N-methyl/N-ethyl adjacent to an activating group) is 1. The summed E-state index contributed by atoms with van der Waals surface area (Å²) in [5.74, 6) is 1.44. The van der Waals surface area contributed by atoms with E-state index < -0.39 is 38.6 Å². The summed E-state index contributed by atoms with van der Waals surface area (Å²) in [5, 5.41) is 10.1. The van der Waals surface area contributed by atoms with E-state index in [1.54, 1.807) is 6.08 Å². The molecule has 1 unspecified atom stereocenters. The molecule has 0 spiro atoms. The van der Waals surface area contributed by atoms with Crippen LogP contribution in [0.5, 0.6) is 0 Å². The molecule has 0 saturated heterocycles. The third kappa shape index (κ3) is 33.7. The average Bonchev–Trinajstić information content (AvgIpc) is 3.51. The summed E-state index contributed by atoms with van der Waals surface area (Å²) in [7, 11) is 1.39. The van der Waals surface area contributed by atoms with Crippen LogP contribution < -0.4 is 0 Å². The first kappa shape index (κ1) is 59.2. The largest absolute Gasteiger partial charge is 0.472 e. The van der Waals surface area contributed by atoms with Crippen LogP contribution in [0.2, 0.25) is 0 Å². The van der Waals surface area contributed by atoms with Gasteiger partial charge in [-0.25, -0.2) is 4.57 Å². The number of hydrogen-bond donors (Lipinski definition) is 2. The highest BCUT2D eigenvalue weighted by Gasteiger charge is 2.27. The summed E-state index contributed by atoms with van der Waals surface area (Å²) >= 11 is 0. The SMILES string of the molecule is CCCCC/C=C\C=C/[C@@H](O)C/C=C\C/C=C/CCCC(=O)OC[C@H](COP(=O)(O)OCC[N+](C)(C)C)OC(=O)CCCCCCCCCCCCc1oc(CCCCC)c(C)c1C. The Hall–Kier alpha value is -2.79. The standard InChI is InChI=1S/C52H90NO10P/c1-8-10-12-13-19-24-30-35-47(54)36-31-25-20-18-23-27-33-39-51(55)59-43-48(44-61-64(57,58)60-42-41-53(5,6)7)62-52(56)40-34-28-22-17-15-14-16-21-26-32-38-50-46(4)45(3)49(63-50)37-29-11-9-2/h18-19,23-25,30-31,35,47-48,54H,8-17,20-22,26-29,32-34,36-44H2,1-7H3/p+1/b23-18+,24-19-,31-25-,35-30-/t47-,48-/m1/s1. The Labute approximate surface area is 389 Å². The fourth-order valence-corrected chi connectivity index (χ4v) is 7.65. The van der Waals surface area contributed by atoms with E-state index in [0.717, 1.165) is 44.9 Å². The van der Waals surface area contributed by atoms with E-state index >= 15 is 0 Å². The van der Waals surface area contributed by atoms with Crippen LogP contribution in [0, 0.1) is 13.8 Å². The summed E-state index contributed by atoms with van der Waals surface area (Å²) in [6.07, 6.45) is 38.6. The molecule has 0 aromatic carbocycles. The van der Waals surface area contributed by atoms with Gasteiger partial charge in [-0.1, -0.05) is 140 Å². The smallest absolute Gasteiger partial charge is 0.466 e. The molecule has 1 aromatic rings. The molecule has 0 radical (unpaired) electrons. The molecule has 0 fully saturated rings. The zero-order valence-electron chi connectivity index (χ0n) is 41.3. The van der Waals surface area contributed by atoms with Gasteiger partial charge in [0.1, 0.15) is 31.3 Å². The van der Waals surface area contributed by atoms with Crippen molar-refractivity contribution in [2.75, 3.05) is 47.5 Å². The number of unbranched alkanes of at least 4 members (excludes halogenated alkanes) is 15. The molecule has 0 aliphatic rings. The number of esters is 2. The minimum Gasteiger partial charge on any atom is -0.466 e. The van der Waals surface area contributed by atoms with Gasteiger partial charge in [-0.05, 0) is 82.8 Å².